The summed E-state index contributed by atoms with van der Waals surface area (Å²) in [5.41, 5.74) is -0.581. The van der Waals surface area contributed by atoms with Crippen LogP contribution in [0.15, 0.2) is 16.6 Å². The van der Waals surface area contributed by atoms with Crippen molar-refractivity contribution in [3.63, 3.8) is 0 Å². The van der Waals surface area contributed by atoms with Gasteiger partial charge in [-0.3, -0.25) is 14.9 Å². The Bertz CT molecular complexity index is 436. The maximum absolute atomic E-state index is 13.5. The van der Waals surface area contributed by atoms with E-state index in [4.69, 9.17) is 0 Å². The van der Waals surface area contributed by atoms with Crippen LogP contribution in [0.1, 0.15) is 10.4 Å². The van der Waals surface area contributed by atoms with Gasteiger partial charge in [-0.15, -0.1) is 0 Å². The minimum atomic E-state index is -0.909. The highest BCUT2D eigenvalue weighted by Crippen LogP contribution is 2.29. The Hall–Kier alpha value is -0.820. The SMILES string of the molecule is O=C(CBr)c1ccc([N+](=O)[O-])c(Br)c1F. The summed E-state index contributed by atoms with van der Waals surface area (Å²) in [6, 6.07) is 2.19. The molecule has 0 aromatic heterocycles. The third-order valence-electron chi connectivity index (χ3n) is 1.68. The molecule has 1 aromatic rings. The number of ketones is 1. The van der Waals surface area contributed by atoms with Crippen LogP contribution in [-0.2, 0) is 0 Å². The van der Waals surface area contributed by atoms with Crippen molar-refractivity contribution < 1.29 is 14.1 Å². The van der Waals surface area contributed by atoms with Crippen molar-refractivity contribution in [1.82, 2.24) is 0 Å². The standard InChI is InChI=1S/C8H4Br2FNO3/c9-3-6(13)4-1-2-5(12(14)15)7(10)8(4)11/h1-2H,3H2. The minimum absolute atomic E-state index is 0.0336. The van der Waals surface area contributed by atoms with Crippen molar-refractivity contribution in [2.24, 2.45) is 0 Å². The fourth-order valence-corrected chi connectivity index (χ4v) is 1.76. The van der Waals surface area contributed by atoms with Crippen molar-refractivity contribution in [2.75, 3.05) is 5.33 Å². The zero-order valence-electron chi connectivity index (χ0n) is 7.17. The molecule has 7 heteroatoms. The van der Waals surface area contributed by atoms with Gasteiger partial charge < -0.3 is 0 Å². The molecule has 0 saturated heterocycles. The van der Waals surface area contributed by atoms with Crippen LogP contribution in [0.3, 0.4) is 0 Å². The van der Waals surface area contributed by atoms with Crippen molar-refractivity contribution in [3.05, 3.63) is 38.1 Å². The summed E-state index contributed by atoms with van der Waals surface area (Å²) in [7, 11) is 0. The van der Waals surface area contributed by atoms with E-state index in [1.165, 1.54) is 0 Å². The second-order valence-corrected chi connectivity index (χ2v) is 3.93. The molecule has 0 amide bonds. The van der Waals surface area contributed by atoms with E-state index in [2.05, 4.69) is 31.9 Å². The van der Waals surface area contributed by atoms with Crippen molar-refractivity contribution in [3.8, 4) is 0 Å². The zero-order valence-corrected chi connectivity index (χ0v) is 10.3. The highest BCUT2D eigenvalue weighted by atomic mass is 79.9. The van der Waals surface area contributed by atoms with Gasteiger partial charge in [-0.25, -0.2) is 4.39 Å². The number of rotatable bonds is 3. The third-order valence-corrected chi connectivity index (χ3v) is 2.94. The summed E-state index contributed by atoms with van der Waals surface area (Å²) >= 11 is 5.64. The number of nitro groups is 1. The van der Waals surface area contributed by atoms with Crippen LogP contribution in [0, 0.1) is 15.9 Å². The molecule has 0 unspecified atom stereocenters. The van der Waals surface area contributed by atoms with Crippen molar-refractivity contribution >= 4 is 43.3 Å². The van der Waals surface area contributed by atoms with E-state index < -0.39 is 22.2 Å². The van der Waals surface area contributed by atoms with Gasteiger partial charge in [-0.2, -0.15) is 0 Å². The Kier molecular flexibility index (Phi) is 3.92. The first kappa shape index (κ1) is 12.3. The Labute approximate surface area is 101 Å². The molecular weight excluding hydrogens is 337 g/mol. The second kappa shape index (κ2) is 4.80. The average molecular weight is 341 g/mol. The Morgan fingerprint density at radius 3 is 2.60 bits per heavy atom. The molecule has 0 fully saturated rings. The van der Waals surface area contributed by atoms with Crippen LogP contribution in [0.25, 0.3) is 0 Å². The lowest BCUT2D eigenvalue weighted by molar-refractivity contribution is -0.385. The molecule has 4 nitrogen and oxygen atoms in total. The first-order valence-electron chi connectivity index (χ1n) is 3.70. The lowest BCUT2D eigenvalue weighted by atomic mass is 10.1. The normalized spacial score (nSPS) is 10.1. The van der Waals surface area contributed by atoms with E-state index in [0.717, 1.165) is 12.1 Å². The summed E-state index contributed by atoms with van der Waals surface area (Å²) in [5.74, 6) is -1.38. The molecule has 0 N–H and O–H groups in total. The van der Waals surface area contributed by atoms with Gasteiger partial charge in [0.2, 0.25) is 0 Å². The Morgan fingerprint density at radius 2 is 2.13 bits per heavy atom. The summed E-state index contributed by atoms with van der Waals surface area (Å²) in [5, 5.41) is 10.4. The van der Waals surface area contributed by atoms with Gasteiger partial charge in [0, 0.05) is 6.07 Å². The lowest BCUT2D eigenvalue weighted by Gasteiger charge is -2.02. The second-order valence-electron chi connectivity index (χ2n) is 2.57. The predicted octanol–water partition coefficient (Wildman–Crippen LogP) is 3.07. The molecule has 0 saturated carbocycles. The first-order chi connectivity index (χ1) is 6.99. The first-order valence-corrected chi connectivity index (χ1v) is 5.62. The molecule has 1 aromatic carbocycles. The monoisotopic (exact) mass is 339 g/mol. The molecule has 0 radical (unpaired) electrons. The number of carbonyl (C=O) groups is 1. The number of alkyl halides is 1. The molecule has 15 heavy (non-hydrogen) atoms. The van der Waals surface area contributed by atoms with E-state index in [0.29, 0.717) is 0 Å². The summed E-state index contributed by atoms with van der Waals surface area (Å²) in [6.07, 6.45) is 0. The van der Waals surface area contributed by atoms with Gasteiger partial charge in [0.1, 0.15) is 4.47 Å². The largest absolute Gasteiger partial charge is 0.293 e. The third kappa shape index (κ3) is 2.40. The molecule has 0 aliphatic rings. The minimum Gasteiger partial charge on any atom is -0.293 e. The van der Waals surface area contributed by atoms with Crippen LogP contribution in [0.2, 0.25) is 0 Å². The van der Waals surface area contributed by atoms with Crippen LogP contribution >= 0.6 is 31.9 Å². The van der Waals surface area contributed by atoms with E-state index in [1.807, 2.05) is 0 Å². The summed E-state index contributed by atoms with van der Waals surface area (Å²) < 4.78 is 13.2. The quantitative estimate of drug-likeness (QED) is 0.367. The van der Waals surface area contributed by atoms with Crippen molar-refractivity contribution in [2.45, 2.75) is 0 Å². The molecule has 0 spiro atoms. The number of hydrogen-bond donors (Lipinski definition) is 0. The summed E-state index contributed by atoms with van der Waals surface area (Å²) in [6.45, 7) is 0. The maximum atomic E-state index is 13.5. The van der Waals surface area contributed by atoms with E-state index in [1.54, 1.807) is 0 Å². The molecule has 80 valence electrons. The average Bonchev–Trinajstić information content (AvgIpc) is 2.20. The molecule has 0 atom stereocenters. The van der Waals surface area contributed by atoms with Crippen molar-refractivity contribution in [1.29, 1.82) is 0 Å². The van der Waals surface area contributed by atoms with Crippen LogP contribution in [0.5, 0.6) is 0 Å². The highest BCUT2D eigenvalue weighted by molar-refractivity contribution is 9.10. The maximum Gasteiger partial charge on any atom is 0.286 e. The van der Waals surface area contributed by atoms with Gasteiger partial charge in [0.25, 0.3) is 5.69 Å². The number of nitrogens with zero attached hydrogens (tertiary/aromatic N) is 1. The number of benzene rings is 1. The Morgan fingerprint density at radius 1 is 1.53 bits per heavy atom. The topological polar surface area (TPSA) is 60.2 Å². The highest BCUT2D eigenvalue weighted by Gasteiger charge is 2.21. The summed E-state index contributed by atoms with van der Waals surface area (Å²) in [4.78, 5) is 20.9. The van der Waals surface area contributed by atoms with E-state index >= 15 is 0 Å². The Balaban J connectivity index is 3.33. The van der Waals surface area contributed by atoms with Crippen LogP contribution in [-0.4, -0.2) is 16.0 Å². The molecule has 1 rings (SSSR count). The molecule has 0 aliphatic heterocycles. The zero-order chi connectivity index (χ0) is 11.6. The molecule has 0 heterocycles. The molecule has 0 aliphatic carbocycles. The van der Waals surface area contributed by atoms with Crippen LogP contribution < -0.4 is 0 Å². The van der Waals surface area contributed by atoms with Gasteiger partial charge >= 0.3 is 0 Å². The number of carbonyl (C=O) groups excluding carboxylic acids is 1. The van der Waals surface area contributed by atoms with Gasteiger partial charge in [0.15, 0.2) is 11.6 Å². The smallest absolute Gasteiger partial charge is 0.286 e. The van der Waals surface area contributed by atoms with Gasteiger partial charge in [0.05, 0.1) is 15.8 Å². The molecular formula is C8H4Br2FNO3. The fraction of sp³-hybridized carbons (Fsp3) is 0.125. The number of nitro benzene ring substituents is 1. The van der Waals surface area contributed by atoms with Gasteiger partial charge in [-0.1, -0.05) is 15.9 Å². The predicted molar refractivity (Wildman–Crippen MR) is 58.9 cm³/mol. The fourth-order valence-electron chi connectivity index (χ4n) is 0.968. The number of hydrogen-bond acceptors (Lipinski definition) is 3. The lowest BCUT2D eigenvalue weighted by Crippen LogP contribution is -2.05. The van der Waals surface area contributed by atoms with Crippen LogP contribution in [0.4, 0.5) is 10.1 Å². The molecule has 0 bridgehead atoms. The van der Waals surface area contributed by atoms with E-state index in [-0.39, 0.29) is 15.4 Å². The van der Waals surface area contributed by atoms with Gasteiger partial charge in [-0.05, 0) is 22.0 Å². The number of Topliss-reactive ketones (excluding diaryl/α,β-unsaturated/α-hetero) is 1. The van der Waals surface area contributed by atoms with E-state index in [9.17, 15) is 19.3 Å². The number of halogens is 3.